The first-order chi connectivity index (χ1) is 10.5. The van der Waals surface area contributed by atoms with Gasteiger partial charge in [-0.3, -0.25) is 9.59 Å². The Morgan fingerprint density at radius 3 is 2.23 bits per heavy atom. The Balaban J connectivity index is 2.11. The normalized spacial score (nSPS) is 20.5. The van der Waals surface area contributed by atoms with Crippen molar-refractivity contribution in [3.8, 4) is 11.5 Å². The summed E-state index contributed by atoms with van der Waals surface area (Å²) in [6, 6.07) is 3.22. The van der Waals surface area contributed by atoms with Gasteiger partial charge in [-0.1, -0.05) is 0 Å². The lowest BCUT2D eigenvalue weighted by Gasteiger charge is -2.15. The summed E-state index contributed by atoms with van der Waals surface area (Å²) in [4.78, 5) is 23.3. The van der Waals surface area contributed by atoms with Crippen LogP contribution in [0.1, 0.15) is 35.2 Å². The van der Waals surface area contributed by atoms with E-state index in [9.17, 15) is 9.59 Å². The Morgan fingerprint density at radius 2 is 1.77 bits per heavy atom. The molecule has 1 aromatic carbocycles. The number of carbonyl (C=O) groups is 2. The molecule has 1 aliphatic rings. The minimum Gasteiger partial charge on any atom is -0.496 e. The van der Waals surface area contributed by atoms with Crippen molar-refractivity contribution in [3.63, 3.8) is 0 Å². The summed E-state index contributed by atoms with van der Waals surface area (Å²) in [6.45, 7) is 1.85. The predicted octanol–water partition coefficient (Wildman–Crippen LogP) is 2.00. The van der Waals surface area contributed by atoms with Crippen molar-refractivity contribution in [1.82, 2.24) is 5.32 Å². The van der Waals surface area contributed by atoms with Crippen LogP contribution in [0.3, 0.4) is 0 Å². The number of benzene rings is 1. The van der Waals surface area contributed by atoms with E-state index in [0.717, 1.165) is 5.56 Å². The van der Waals surface area contributed by atoms with Crippen LogP contribution in [-0.2, 0) is 4.79 Å². The molecule has 0 radical (unpaired) electrons. The molecule has 0 saturated heterocycles. The van der Waals surface area contributed by atoms with Crippen LogP contribution in [0.25, 0.3) is 0 Å². The monoisotopic (exact) mass is 307 g/mol. The molecule has 2 rings (SSSR count). The Bertz CT molecular complexity index is 559. The van der Waals surface area contributed by atoms with E-state index in [1.54, 1.807) is 12.1 Å². The molecule has 6 heteroatoms. The fraction of sp³-hybridized carbons (Fsp3) is 0.500. The van der Waals surface area contributed by atoms with Gasteiger partial charge in [0.05, 0.1) is 20.1 Å². The number of ether oxygens (including phenoxy) is 2. The molecule has 1 aromatic rings. The average molecular weight is 307 g/mol. The van der Waals surface area contributed by atoms with Crippen LogP contribution in [0.2, 0.25) is 0 Å². The Hall–Kier alpha value is -2.24. The summed E-state index contributed by atoms with van der Waals surface area (Å²) in [5, 5.41) is 11.9. The minimum absolute atomic E-state index is 0.105. The van der Waals surface area contributed by atoms with E-state index in [2.05, 4.69) is 5.32 Å². The van der Waals surface area contributed by atoms with Gasteiger partial charge in [0, 0.05) is 17.2 Å². The van der Waals surface area contributed by atoms with Crippen LogP contribution in [0.4, 0.5) is 0 Å². The van der Waals surface area contributed by atoms with Gasteiger partial charge >= 0.3 is 5.97 Å². The molecular formula is C16H21NO5. The SMILES string of the molecule is COc1cc(C(=O)N[C@@H]2CC[C@H](C(=O)O)C2)cc(OC)c1C. The molecule has 0 heterocycles. The third-order valence-electron chi connectivity index (χ3n) is 4.13. The van der Waals surface area contributed by atoms with Crippen molar-refractivity contribution in [3.05, 3.63) is 23.3 Å². The van der Waals surface area contributed by atoms with E-state index < -0.39 is 5.97 Å². The molecule has 6 nitrogen and oxygen atoms in total. The first kappa shape index (κ1) is 16.1. The van der Waals surface area contributed by atoms with Crippen molar-refractivity contribution in [2.75, 3.05) is 14.2 Å². The first-order valence-corrected chi connectivity index (χ1v) is 7.22. The number of hydrogen-bond acceptors (Lipinski definition) is 4. The van der Waals surface area contributed by atoms with Gasteiger partial charge in [0.2, 0.25) is 0 Å². The molecule has 0 aliphatic heterocycles. The fourth-order valence-corrected chi connectivity index (χ4v) is 2.82. The number of methoxy groups -OCH3 is 2. The molecule has 22 heavy (non-hydrogen) atoms. The number of rotatable bonds is 5. The maximum absolute atomic E-state index is 12.4. The molecule has 0 spiro atoms. The zero-order valence-corrected chi connectivity index (χ0v) is 13.0. The third kappa shape index (κ3) is 3.32. The van der Waals surface area contributed by atoms with Crippen molar-refractivity contribution in [2.45, 2.75) is 32.2 Å². The number of nitrogens with one attached hydrogen (secondary N) is 1. The van der Waals surface area contributed by atoms with Crippen molar-refractivity contribution in [2.24, 2.45) is 5.92 Å². The average Bonchev–Trinajstić information content (AvgIpc) is 2.96. The molecule has 0 aromatic heterocycles. The zero-order chi connectivity index (χ0) is 16.3. The first-order valence-electron chi connectivity index (χ1n) is 7.22. The van der Waals surface area contributed by atoms with Gasteiger partial charge in [0.25, 0.3) is 5.91 Å². The molecular weight excluding hydrogens is 286 g/mol. The summed E-state index contributed by atoms with van der Waals surface area (Å²) in [6.07, 6.45) is 1.75. The molecule has 2 N–H and O–H groups in total. The number of carbonyl (C=O) groups excluding carboxylic acids is 1. The highest BCUT2D eigenvalue weighted by Gasteiger charge is 2.30. The molecule has 0 bridgehead atoms. The summed E-state index contributed by atoms with van der Waals surface area (Å²) >= 11 is 0. The second-order valence-electron chi connectivity index (χ2n) is 5.52. The molecule has 0 unspecified atom stereocenters. The predicted molar refractivity (Wildman–Crippen MR) is 80.5 cm³/mol. The Kier molecular flexibility index (Phi) is 4.90. The number of aliphatic carboxylic acids is 1. The highest BCUT2D eigenvalue weighted by molar-refractivity contribution is 5.95. The largest absolute Gasteiger partial charge is 0.496 e. The Morgan fingerprint density at radius 1 is 1.18 bits per heavy atom. The topological polar surface area (TPSA) is 84.9 Å². The van der Waals surface area contributed by atoms with Gasteiger partial charge in [0.1, 0.15) is 11.5 Å². The van der Waals surface area contributed by atoms with Crippen LogP contribution in [0.15, 0.2) is 12.1 Å². The Labute approximate surface area is 129 Å². The quantitative estimate of drug-likeness (QED) is 0.869. The van der Waals surface area contributed by atoms with Crippen LogP contribution in [-0.4, -0.2) is 37.2 Å². The van der Waals surface area contributed by atoms with E-state index in [0.29, 0.717) is 36.3 Å². The van der Waals surface area contributed by atoms with Crippen molar-refractivity contribution < 1.29 is 24.2 Å². The van der Waals surface area contributed by atoms with E-state index in [-0.39, 0.29) is 17.9 Å². The summed E-state index contributed by atoms with van der Waals surface area (Å²) in [5.74, 6) is -0.242. The molecule has 1 amide bonds. The van der Waals surface area contributed by atoms with Crippen LogP contribution >= 0.6 is 0 Å². The number of carboxylic acid groups (broad SMARTS) is 1. The van der Waals surface area contributed by atoms with Crippen LogP contribution in [0.5, 0.6) is 11.5 Å². The standard InChI is InChI=1S/C16H21NO5/c1-9-13(21-2)7-11(8-14(9)22-3)15(18)17-12-5-4-10(6-12)16(19)20/h7-8,10,12H,4-6H2,1-3H3,(H,17,18)(H,19,20)/t10-,12+/m0/s1. The van der Waals surface area contributed by atoms with Gasteiger partial charge in [-0.25, -0.2) is 0 Å². The minimum atomic E-state index is -0.796. The smallest absolute Gasteiger partial charge is 0.306 e. The molecule has 1 saturated carbocycles. The van der Waals surface area contributed by atoms with Crippen molar-refractivity contribution in [1.29, 1.82) is 0 Å². The number of amides is 1. The van der Waals surface area contributed by atoms with E-state index in [1.165, 1.54) is 14.2 Å². The fourth-order valence-electron chi connectivity index (χ4n) is 2.82. The number of carboxylic acids is 1. The second-order valence-corrected chi connectivity index (χ2v) is 5.52. The van der Waals surface area contributed by atoms with Gasteiger partial charge < -0.3 is 19.9 Å². The highest BCUT2D eigenvalue weighted by atomic mass is 16.5. The lowest BCUT2D eigenvalue weighted by atomic mass is 10.1. The lowest BCUT2D eigenvalue weighted by Crippen LogP contribution is -2.33. The van der Waals surface area contributed by atoms with Crippen LogP contribution < -0.4 is 14.8 Å². The summed E-state index contributed by atoms with van der Waals surface area (Å²) in [5.41, 5.74) is 1.27. The van der Waals surface area contributed by atoms with Gasteiger partial charge in [-0.2, -0.15) is 0 Å². The summed E-state index contributed by atoms with van der Waals surface area (Å²) < 4.78 is 10.5. The van der Waals surface area contributed by atoms with Gasteiger partial charge in [0.15, 0.2) is 0 Å². The van der Waals surface area contributed by atoms with Crippen LogP contribution in [0, 0.1) is 12.8 Å². The number of hydrogen-bond donors (Lipinski definition) is 2. The van der Waals surface area contributed by atoms with Gasteiger partial charge in [-0.05, 0) is 38.3 Å². The van der Waals surface area contributed by atoms with E-state index in [4.69, 9.17) is 14.6 Å². The maximum atomic E-state index is 12.4. The molecule has 2 atom stereocenters. The lowest BCUT2D eigenvalue weighted by molar-refractivity contribution is -0.141. The summed E-state index contributed by atoms with van der Waals surface area (Å²) in [7, 11) is 3.08. The van der Waals surface area contributed by atoms with E-state index in [1.807, 2.05) is 6.92 Å². The zero-order valence-electron chi connectivity index (χ0n) is 13.0. The second kappa shape index (κ2) is 6.68. The molecule has 1 aliphatic carbocycles. The van der Waals surface area contributed by atoms with Gasteiger partial charge in [-0.15, -0.1) is 0 Å². The highest BCUT2D eigenvalue weighted by Crippen LogP contribution is 2.30. The molecule has 1 fully saturated rings. The van der Waals surface area contributed by atoms with E-state index >= 15 is 0 Å². The molecule has 120 valence electrons. The van der Waals surface area contributed by atoms with Crippen molar-refractivity contribution >= 4 is 11.9 Å². The third-order valence-corrected chi connectivity index (χ3v) is 4.13. The maximum Gasteiger partial charge on any atom is 0.306 e.